The van der Waals surface area contributed by atoms with Gasteiger partial charge in [-0.2, -0.15) is 0 Å². The molecule has 0 aromatic carbocycles. The van der Waals surface area contributed by atoms with E-state index in [9.17, 15) is 9.59 Å². The van der Waals surface area contributed by atoms with E-state index in [4.69, 9.17) is 0 Å². The van der Waals surface area contributed by atoms with Crippen LogP contribution in [0.5, 0.6) is 0 Å². The first-order valence-corrected chi connectivity index (χ1v) is 8.83. The predicted octanol–water partition coefficient (Wildman–Crippen LogP) is 1.55. The van der Waals surface area contributed by atoms with E-state index < -0.39 is 0 Å². The lowest BCUT2D eigenvalue weighted by molar-refractivity contribution is -0.119. The molecule has 6 nitrogen and oxygen atoms in total. The van der Waals surface area contributed by atoms with Crippen LogP contribution in [0, 0.1) is 6.92 Å². The second kappa shape index (κ2) is 7.53. The van der Waals surface area contributed by atoms with Crippen molar-refractivity contribution >= 4 is 23.7 Å². The Balaban J connectivity index is 1.63. The molecule has 126 valence electrons. The molecule has 1 fully saturated rings. The summed E-state index contributed by atoms with van der Waals surface area (Å²) in [5.41, 5.74) is 2.02. The van der Waals surface area contributed by atoms with E-state index in [0.29, 0.717) is 26.2 Å². The lowest BCUT2D eigenvalue weighted by Gasteiger charge is -2.32. The van der Waals surface area contributed by atoms with E-state index >= 15 is 0 Å². The molecule has 2 amide bonds. The molecule has 0 unspecified atom stereocenters. The van der Waals surface area contributed by atoms with Gasteiger partial charge in [-0.1, -0.05) is 0 Å². The van der Waals surface area contributed by atoms with E-state index in [1.807, 2.05) is 24.0 Å². The molecule has 2 aromatic heterocycles. The molecule has 0 radical (unpaired) electrons. The van der Waals surface area contributed by atoms with Gasteiger partial charge in [-0.25, -0.2) is 4.98 Å². The summed E-state index contributed by atoms with van der Waals surface area (Å²) in [5, 5.41) is 0.985. The molecule has 0 bridgehead atoms. The van der Waals surface area contributed by atoms with Gasteiger partial charge >= 0.3 is 0 Å². The number of thiazole rings is 1. The number of nitrogens with zero attached hydrogens (tertiary/aromatic N) is 4. The summed E-state index contributed by atoms with van der Waals surface area (Å²) in [7, 11) is 0. The minimum atomic E-state index is 0.0331. The maximum absolute atomic E-state index is 12.7. The number of carbonyl (C=O) groups is 2. The normalized spacial score (nSPS) is 14.7. The largest absolute Gasteiger partial charge is 0.342 e. The summed E-state index contributed by atoms with van der Waals surface area (Å²) in [6, 6.07) is 4.00. The molecular weight excluding hydrogens is 324 g/mol. The topological polar surface area (TPSA) is 66.4 Å². The first kappa shape index (κ1) is 16.6. The SMILES string of the molecule is Cc1nc(CCc2ccncc2)sc1C(=O)N1CCN(C=O)CC1. The molecule has 0 spiro atoms. The van der Waals surface area contributed by atoms with Gasteiger partial charge in [0.15, 0.2) is 0 Å². The van der Waals surface area contributed by atoms with Gasteiger partial charge in [0.1, 0.15) is 4.88 Å². The van der Waals surface area contributed by atoms with E-state index in [2.05, 4.69) is 9.97 Å². The second-order valence-corrected chi connectivity index (χ2v) is 6.89. The Hall–Kier alpha value is -2.28. The van der Waals surface area contributed by atoms with Crippen LogP contribution in [-0.4, -0.2) is 58.3 Å². The number of rotatable bonds is 5. The molecular formula is C17H20N4O2S. The van der Waals surface area contributed by atoms with Crippen LogP contribution < -0.4 is 0 Å². The molecule has 2 aromatic rings. The second-order valence-electron chi connectivity index (χ2n) is 5.81. The Morgan fingerprint density at radius 2 is 1.92 bits per heavy atom. The van der Waals surface area contributed by atoms with Gasteiger partial charge < -0.3 is 9.80 Å². The van der Waals surface area contributed by atoms with Crippen LogP contribution in [0.4, 0.5) is 0 Å². The zero-order valence-electron chi connectivity index (χ0n) is 13.6. The number of piperazine rings is 1. The molecule has 0 aliphatic carbocycles. The third kappa shape index (κ3) is 3.79. The fourth-order valence-electron chi connectivity index (χ4n) is 2.73. The Morgan fingerprint density at radius 3 is 2.58 bits per heavy atom. The minimum Gasteiger partial charge on any atom is -0.342 e. The number of hydrogen-bond donors (Lipinski definition) is 0. The van der Waals surface area contributed by atoms with Crippen molar-refractivity contribution in [2.45, 2.75) is 19.8 Å². The number of aryl methyl sites for hydroxylation is 3. The quantitative estimate of drug-likeness (QED) is 0.772. The average molecular weight is 344 g/mol. The van der Waals surface area contributed by atoms with Crippen molar-refractivity contribution in [2.75, 3.05) is 26.2 Å². The molecule has 0 N–H and O–H groups in total. The van der Waals surface area contributed by atoms with Crippen molar-refractivity contribution in [3.05, 3.63) is 45.7 Å². The third-order valence-electron chi connectivity index (χ3n) is 4.16. The van der Waals surface area contributed by atoms with Crippen LogP contribution in [-0.2, 0) is 17.6 Å². The molecule has 7 heteroatoms. The Bertz CT molecular complexity index is 709. The smallest absolute Gasteiger partial charge is 0.265 e. The summed E-state index contributed by atoms with van der Waals surface area (Å²) in [4.78, 5) is 36.3. The van der Waals surface area contributed by atoms with Crippen LogP contribution in [0.2, 0.25) is 0 Å². The molecule has 0 atom stereocenters. The lowest BCUT2D eigenvalue weighted by atomic mass is 10.1. The summed E-state index contributed by atoms with van der Waals surface area (Å²) < 4.78 is 0. The van der Waals surface area contributed by atoms with Gasteiger partial charge in [-0.05, 0) is 31.0 Å². The zero-order valence-corrected chi connectivity index (χ0v) is 14.5. The fraction of sp³-hybridized carbons (Fsp3) is 0.412. The maximum atomic E-state index is 12.7. The highest BCUT2D eigenvalue weighted by Gasteiger charge is 2.24. The van der Waals surface area contributed by atoms with Crippen LogP contribution >= 0.6 is 11.3 Å². The highest BCUT2D eigenvalue weighted by atomic mass is 32.1. The third-order valence-corrected chi connectivity index (χ3v) is 5.37. The fourth-order valence-corrected chi connectivity index (χ4v) is 3.76. The van der Waals surface area contributed by atoms with Gasteiger partial charge in [0.2, 0.25) is 6.41 Å². The maximum Gasteiger partial charge on any atom is 0.265 e. The number of aromatic nitrogens is 2. The van der Waals surface area contributed by atoms with Crippen molar-refractivity contribution < 1.29 is 9.59 Å². The molecule has 3 heterocycles. The van der Waals surface area contributed by atoms with Crippen LogP contribution in [0.15, 0.2) is 24.5 Å². The molecule has 24 heavy (non-hydrogen) atoms. The number of carbonyl (C=O) groups excluding carboxylic acids is 2. The van der Waals surface area contributed by atoms with Crippen molar-refractivity contribution in [3.8, 4) is 0 Å². The lowest BCUT2D eigenvalue weighted by Crippen LogP contribution is -2.48. The van der Waals surface area contributed by atoms with Crippen LogP contribution in [0.1, 0.15) is 25.9 Å². The number of hydrogen-bond acceptors (Lipinski definition) is 5. The van der Waals surface area contributed by atoms with Crippen molar-refractivity contribution in [3.63, 3.8) is 0 Å². The molecule has 1 aliphatic heterocycles. The van der Waals surface area contributed by atoms with E-state index in [1.54, 1.807) is 17.3 Å². The molecule has 3 rings (SSSR count). The van der Waals surface area contributed by atoms with Gasteiger partial charge in [0, 0.05) is 45.0 Å². The Labute approximate surface area is 145 Å². The standard InChI is InChI=1S/C17H20N4O2S/c1-13-16(17(23)21-10-8-20(12-22)9-11-21)24-15(19-13)3-2-14-4-6-18-7-5-14/h4-7,12H,2-3,8-11H2,1H3. The highest BCUT2D eigenvalue weighted by molar-refractivity contribution is 7.13. The van der Waals surface area contributed by atoms with Gasteiger partial charge in [-0.3, -0.25) is 14.6 Å². The molecule has 1 saturated heterocycles. The van der Waals surface area contributed by atoms with Gasteiger partial charge in [0.05, 0.1) is 10.7 Å². The average Bonchev–Trinajstić information content (AvgIpc) is 3.01. The van der Waals surface area contributed by atoms with Crippen molar-refractivity contribution in [1.82, 2.24) is 19.8 Å². The summed E-state index contributed by atoms with van der Waals surface area (Å²) in [5.74, 6) is 0.0331. The first-order chi connectivity index (χ1) is 11.7. The van der Waals surface area contributed by atoms with E-state index in [-0.39, 0.29) is 5.91 Å². The summed E-state index contributed by atoms with van der Waals surface area (Å²) in [6.07, 6.45) is 6.13. The van der Waals surface area contributed by atoms with Crippen LogP contribution in [0.3, 0.4) is 0 Å². The summed E-state index contributed by atoms with van der Waals surface area (Å²) >= 11 is 1.49. The van der Waals surface area contributed by atoms with Gasteiger partial charge in [0.25, 0.3) is 5.91 Å². The zero-order chi connectivity index (χ0) is 16.9. The monoisotopic (exact) mass is 344 g/mol. The van der Waals surface area contributed by atoms with E-state index in [0.717, 1.165) is 34.8 Å². The molecule has 1 aliphatic rings. The van der Waals surface area contributed by atoms with Crippen molar-refractivity contribution in [2.24, 2.45) is 0 Å². The number of pyridine rings is 1. The van der Waals surface area contributed by atoms with Crippen LogP contribution in [0.25, 0.3) is 0 Å². The van der Waals surface area contributed by atoms with Gasteiger partial charge in [-0.15, -0.1) is 11.3 Å². The predicted molar refractivity (Wildman–Crippen MR) is 92.0 cm³/mol. The van der Waals surface area contributed by atoms with E-state index in [1.165, 1.54) is 16.9 Å². The number of amides is 2. The Kier molecular flexibility index (Phi) is 5.20. The van der Waals surface area contributed by atoms with Crippen molar-refractivity contribution in [1.29, 1.82) is 0 Å². The molecule has 0 saturated carbocycles. The minimum absolute atomic E-state index is 0.0331. The first-order valence-electron chi connectivity index (χ1n) is 8.01. The Morgan fingerprint density at radius 1 is 1.21 bits per heavy atom. The highest BCUT2D eigenvalue weighted by Crippen LogP contribution is 2.22. The summed E-state index contributed by atoms with van der Waals surface area (Å²) in [6.45, 7) is 4.26.